The van der Waals surface area contributed by atoms with Crippen LogP contribution in [0, 0.1) is 3.57 Å². The minimum Gasteiger partial charge on any atom is -0.465 e. The van der Waals surface area contributed by atoms with Crippen LogP contribution in [0.1, 0.15) is 15.2 Å². The normalized spacial score (nSPS) is 11.6. The lowest BCUT2D eigenvalue weighted by molar-refractivity contribution is 0.0606. The lowest BCUT2D eigenvalue weighted by Crippen LogP contribution is -2.37. The molecule has 2 aromatic rings. The molecule has 0 aliphatic rings. The Morgan fingerprint density at radius 2 is 2.08 bits per heavy atom. The van der Waals surface area contributed by atoms with E-state index in [0.29, 0.717) is 13.4 Å². The van der Waals surface area contributed by atoms with Gasteiger partial charge in [0.2, 0.25) is 10.0 Å². The van der Waals surface area contributed by atoms with Gasteiger partial charge in [0.25, 0.3) is 6.43 Å². The lowest BCUT2D eigenvalue weighted by atomic mass is 10.2. The highest BCUT2D eigenvalue weighted by atomic mass is 127. The summed E-state index contributed by atoms with van der Waals surface area (Å²) in [6, 6.07) is 6.71. The van der Waals surface area contributed by atoms with Gasteiger partial charge in [-0.2, -0.15) is 0 Å². The van der Waals surface area contributed by atoms with Crippen molar-refractivity contribution >= 4 is 55.7 Å². The molecule has 0 N–H and O–H groups in total. The van der Waals surface area contributed by atoms with Crippen molar-refractivity contribution in [2.24, 2.45) is 0 Å². The molecule has 1 aromatic carbocycles. The van der Waals surface area contributed by atoms with Gasteiger partial charge in [-0.1, -0.05) is 18.2 Å². The zero-order chi connectivity index (χ0) is 18.6. The first-order chi connectivity index (χ1) is 11.8. The summed E-state index contributed by atoms with van der Waals surface area (Å²) >= 11 is 2.79. The summed E-state index contributed by atoms with van der Waals surface area (Å²) in [6.45, 7) is -1.10. The number of alkyl halides is 2. The van der Waals surface area contributed by atoms with Crippen LogP contribution in [0.25, 0.3) is 0 Å². The van der Waals surface area contributed by atoms with E-state index in [0.717, 1.165) is 18.4 Å². The molecule has 1 heterocycles. The summed E-state index contributed by atoms with van der Waals surface area (Å²) in [7, 11) is -3.08. The molecule has 0 saturated carbocycles. The van der Waals surface area contributed by atoms with Crippen molar-refractivity contribution in [3.8, 4) is 0 Å². The zero-order valence-electron chi connectivity index (χ0n) is 12.9. The average molecular weight is 502 g/mol. The molecule has 0 aliphatic heterocycles. The largest absolute Gasteiger partial charge is 0.465 e. The topological polar surface area (TPSA) is 76.6 Å². The molecule has 0 unspecified atom stereocenters. The van der Waals surface area contributed by atoms with Gasteiger partial charge in [-0.3, -0.25) is 0 Å². The van der Waals surface area contributed by atoms with Crippen LogP contribution in [-0.4, -0.2) is 39.5 Å². The van der Waals surface area contributed by atoms with Crippen LogP contribution in [0.2, 0.25) is 0 Å². The highest BCUT2D eigenvalue weighted by Gasteiger charge is 2.32. The van der Waals surface area contributed by atoms with Crippen LogP contribution in [0.4, 0.5) is 14.6 Å². The Labute approximate surface area is 161 Å². The number of benzene rings is 1. The van der Waals surface area contributed by atoms with Gasteiger partial charge in [0.1, 0.15) is 0 Å². The summed E-state index contributed by atoms with van der Waals surface area (Å²) < 4.78 is 57.2. The number of methoxy groups -OCH3 is 1. The molecule has 25 heavy (non-hydrogen) atoms. The molecule has 11 heteroatoms. The van der Waals surface area contributed by atoms with Crippen molar-refractivity contribution in [2.45, 2.75) is 12.2 Å². The zero-order valence-corrected chi connectivity index (χ0v) is 16.6. The number of hydrogen-bond donors (Lipinski definition) is 0. The van der Waals surface area contributed by atoms with Gasteiger partial charge in [0, 0.05) is 3.57 Å². The van der Waals surface area contributed by atoms with Crippen LogP contribution in [-0.2, 0) is 20.5 Å². The summed E-state index contributed by atoms with van der Waals surface area (Å²) in [5.74, 6) is -1.67. The van der Waals surface area contributed by atoms with E-state index in [1.54, 1.807) is 24.3 Å². The monoisotopic (exact) mass is 502 g/mol. The van der Waals surface area contributed by atoms with E-state index < -0.39 is 34.7 Å². The smallest absolute Gasteiger partial charge is 0.351 e. The van der Waals surface area contributed by atoms with E-state index in [-0.39, 0.29) is 10.7 Å². The lowest BCUT2D eigenvalue weighted by Gasteiger charge is -2.23. The number of carbonyl (C=O) groups is 1. The van der Waals surface area contributed by atoms with Crippen LogP contribution in [0.3, 0.4) is 0 Å². The van der Waals surface area contributed by atoms with Gasteiger partial charge < -0.3 is 4.74 Å². The SMILES string of the molecule is COC(=O)c1scnc1N(CC(F)F)S(=O)(=O)Cc1ccccc1I. The predicted molar refractivity (Wildman–Crippen MR) is 98.6 cm³/mol. The first kappa shape index (κ1) is 20.0. The van der Waals surface area contributed by atoms with Crippen molar-refractivity contribution in [1.82, 2.24) is 4.98 Å². The molecule has 0 radical (unpaired) electrons. The summed E-state index contributed by atoms with van der Waals surface area (Å²) in [4.78, 5) is 15.4. The molecule has 0 aliphatic carbocycles. The van der Waals surface area contributed by atoms with Crippen LogP contribution < -0.4 is 4.31 Å². The fourth-order valence-corrected chi connectivity index (χ4v) is 5.14. The predicted octanol–water partition coefficient (Wildman–Crippen LogP) is 3.14. The van der Waals surface area contributed by atoms with E-state index in [1.165, 1.54) is 5.51 Å². The van der Waals surface area contributed by atoms with E-state index in [9.17, 15) is 22.0 Å². The number of hydrogen-bond acceptors (Lipinski definition) is 6. The number of nitrogens with zero attached hydrogens (tertiary/aromatic N) is 2. The van der Waals surface area contributed by atoms with Gasteiger partial charge in [-0.15, -0.1) is 11.3 Å². The first-order valence-corrected chi connectivity index (χ1v) is 10.4. The Morgan fingerprint density at radius 1 is 1.40 bits per heavy atom. The average Bonchev–Trinajstić information content (AvgIpc) is 3.02. The Bertz CT molecular complexity index is 858. The molecule has 0 saturated heterocycles. The van der Waals surface area contributed by atoms with E-state index >= 15 is 0 Å². The van der Waals surface area contributed by atoms with Crippen LogP contribution in [0.15, 0.2) is 29.8 Å². The van der Waals surface area contributed by atoms with Gasteiger partial charge >= 0.3 is 5.97 Å². The molecule has 0 amide bonds. The van der Waals surface area contributed by atoms with Gasteiger partial charge in [0.15, 0.2) is 10.7 Å². The third kappa shape index (κ3) is 4.85. The molecule has 2 rings (SSSR count). The Balaban J connectivity index is 2.45. The van der Waals surface area contributed by atoms with Gasteiger partial charge in [0.05, 0.1) is 24.9 Å². The molecular formula is C14H13F2IN2O4S2. The number of thiazole rings is 1. The summed E-state index contributed by atoms with van der Waals surface area (Å²) in [6.07, 6.45) is -2.93. The number of anilines is 1. The molecule has 0 fully saturated rings. The van der Waals surface area contributed by atoms with Crippen molar-refractivity contribution in [3.63, 3.8) is 0 Å². The Morgan fingerprint density at radius 3 is 2.68 bits per heavy atom. The van der Waals surface area contributed by atoms with Crippen molar-refractivity contribution in [1.29, 1.82) is 0 Å². The summed E-state index contributed by atoms with van der Waals surface area (Å²) in [5, 5.41) is 0. The van der Waals surface area contributed by atoms with Crippen LogP contribution in [0.5, 0.6) is 0 Å². The van der Waals surface area contributed by atoms with E-state index in [2.05, 4.69) is 9.72 Å². The minimum atomic E-state index is -4.20. The number of sulfonamides is 1. The quantitative estimate of drug-likeness (QED) is 0.430. The second-order valence-corrected chi connectivity index (χ2v) is 8.68. The number of halogens is 3. The van der Waals surface area contributed by atoms with E-state index in [1.807, 2.05) is 22.6 Å². The van der Waals surface area contributed by atoms with Gasteiger partial charge in [-0.05, 0) is 34.2 Å². The molecule has 0 spiro atoms. The standard InChI is InChI=1S/C14H13F2IN2O4S2/c1-23-14(20)12-13(18-8-24-12)19(6-11(15)16)25(21,22)7-9-4-2-3-5-10(9)17/h2-5,8,11H,6-7H2,1H3. The van der Waals surface area contributed by atoms with Gasteiger partial charge in [-0.25, -0.2) is 31.3 Å². The third-order valence-electron chi connectivity index (χ3n) is 3.09. The Hall–Kier alpha value is -1.34. The van der Waals surface area contributed by atoms with Crippen molar-refractivity contribution in [2.75, 3.05) is 18.0 Å². The Kier molecular flexibility index (Phi) is 6.68. The highest BCUT2D eigenvalue weighted by molar-refractivity contribution is 14.1. The number of aromatic nitrogens is 1. The molecule has 6 nitrogen and oxygen atoms in total. The fraction of sp³-hybridized carbons (Fsp3) is 0.286. The number of esters is 1. The van der Waals surface area contributed by atoms with Crippen molar-refractivity contribution in [3.05, 3.63) is 43.8 Å². The van der Waals surface area contributed by atoms with E-state index in [4.69, 9.17) is 0 Å². The van der Waals surface area contributed by atoms with Crippen molar-refractivity contribution < 1.29 is 26.7 Å². The molecular weight excluding hydrogens is 489 g/mol. The number of rotatable bonds is 7. The second-order valence-electron chi connectivity index (χ2n) is 4.77. The second kappa shape index (κ2) is 8.36. The molecule has 0 atom stereocenters. The highest BCUT2D eigenvalue weighted by Crippen LogP contribution is 2.28. The number of ether oxygens (including phenoxy) is 1. The number of carbonyl (C=O) groups excluding carboxylic acids is 1. The maximum atomic E-state index is 13.0. The molecule has 136 valence electrons. The maximum Gasteiger partial charge on any atom is 0.351 e. The summed E-state index contributed by atoms with van der Waals surface area (Å²) in [5.41, 5.74) is 1.68. The van der Waals surface area contributed by atoms with Crippen LogP contribution >= 0.6 is 33.9 Å². The maximum absolute atomic E-state index is 13.0. The minimum absolute atomic E-state index is 0.144. The first-order valence-electron chi connectivity index (χ1n) is 6.80. The molecule has 0 bridgehead atoms. The third-order valence-corrected chi connectivity index (χ3v) is 6.61. The fourth-order valence-electron chi connectivity index (χ4n) is 2.00. The molecule has 1 aromatic heterocycles.